The molecule has 1 aromatic heterocycles. The van der Waals surface area contributed by atoms with Crippen LogP contribution in [0.1, 0.15) is 37.7 Å². The minimum Gasteiger partial charge on any atom is -0.385 e. The summed E-state index contributed by atoms with van der Waals surface area (Å²) in [6.45, 7) is 0.780. The van der Waals surface area contributed by atoms with Crippen LogP contribution in [0.3, 0.4) is 0 Å². The van der Waals surface area contributed by atoms with Crippen molar-refractivity contribution >= 4 is 16.7 Å². The van der Waals surface area contributed by atoms with Crippen LogP contribution < -0.4 is 4.90 Å². The zero-order chi connectivity index (χ0) is 22.3. The van der Waals surface area contributed by atoms with Gasteiger partial charge in [-0.15, -0.1) is 0 Å². The van der Waals surface area contributed by atoms with E-state index in [1.54, 1.807) is 0 Å². The van der Waals surface area contributed by atoms with E-state index in [9.17, 15) is 5.11 Å². The number of anilines is 1. The normalized spacial score (nSPS) is 25.1. The fraction of sp³-hybridized carbons (Fsp3) is 0.310. The second-order valence-electron chi connectivity index (χ2n) is 9.45. The number of para-hydroxylation sites is 1. The van der Waals surface area contributed by atoms with E-state index in [0.717, 1.165) is 53.1 Å². The zero-order valence-corrected chi connectivity index (χ0v) is 18.8. The van der Waals surface area contributed by atoms with Crippen LogP contribution in [0.4, 0.5) is 5.82 Å². The number of hydrogen-bond donors (Lipinski definition) is 1. The molecular formula is C29H29N3O. The smallest absolute Gasteiger partial charge is 0.162 e. The Bertz CT molecular complexity index is 1260. The Morgan fingerprint density at radius 2 is 1.48 bits per heavy atom. The van der Waals surface area contributed by atoms with E-state index in [-0.39, 0.29) is 12.0 Å². The molecule has 1 saturated carbocycles. The Balaban J connectivity index is 1.47. The Hall–Kier alpha value is -3.24. The van der Waals surface area contributed by atoms with E-state index in [2.05, 4.69) is 47.4 Å². The molecule has 0 radical (unpaired) electrons. The number of nitrogens with zero attached hydrogens (tertiary/aromatic N) is 3. The lowest BCUT2D eigenvalue weighted by Gasteiger charge is -2.53. The van der Waals surface area contributed by atoms with Crippen molar-refractivity contribution in [2.75, 3.05) is 11.4 Å². The molecule has 33 heavy (non-hydrogen) atoms. The van der Waals surface area contributed by atoms with Gasteiger partial charge < -0.3 is 10.0 Å². The van der Waals surface area contributed by atoms with E-state index in [0.29, 0.717) is 6.42 Å². The highest BCUT2D eigenvalue weighted by molar-refractivity contribution is 5.91. The van der Waals surface area contributed by atoms with Crippen molar-refractivity contribution in [2.45, 2.75) is 43.7 Å². The van der Waals surface area contributed by atoms with Crippen LogP contribution in [-0.2, 0) is 5.60 Å². The van der Waals surface area contributed by atoms with Gasteiger partial charge in [-0.05, 0) is 37.0 Å². The SMILES string of the molecule is OC1(c2ccccc2)CCN(c2nc(-c3ccccc3)nc3ccccc23)[C@H]2CCCC[C@H]21. The van der Waals surface area contributed by atoms with Crippen LogP contribution >= 0.6 is 0 Å². The molecular weight excluding hydrogens is 406 g/mol. The Morgan fingerprint density at radius 3 is 2.30 bits per heavy atom. The third-order valence-electron chi connectivity index (χ3n) is 7.64. The number of fused-ring (bicyclic) bond motifs is 2. The second-order valence-corrected chi connectivity index (χ2v) is 9.45. The summed E-state index contributed by atoms with van der Waals surface area (Å²) in [7, 11) is 0. The molecule has 1 unspecified atom stereocenters. The van der Waals surface area contributed by atoms with Gasteiger partial charge in [0.15, 0.2) is 5.82 Å². The van der Waals surface area contributed by atoms with Crippen LogP contribution in [0.2, 0.25) is 0 Å². The highest BCUT2D eigenvalue weighted by atomic mass is 16.3. The van der Waals surface area contributed by atoms with Crippen LogP contribution in [0.15, 0.2) is 84.9 Å². The predicted molar refractivity (Wildman–Crippen MR) is 133 cm³/mol. The van der Waals surface area contributed by atoms with E-state index >= 15 is 0 Å². The van der Waals surface area contributed by atoms with Crippen molar-refractivity contribution < 1.29 is 5.11 Å². The first-order valence-electron chi connectivity index (χ1n) is 12.1. The molecule has 0 amide bonds. The maximum absolute atomic E-state index is 12.0. The van der Waals surface area contributed by atoms with E-state index < -0.39 is 5.60 Å². The molecule has 2 heterocycles. The highest BCUT2D eigenvalue weighted by Gasteiger charge is 2.49. The summed E-state index contributed by atoms with van der Waals surface area (Å²) in [5.41, 5.74) is 2.27. The Morgan fingerprint density at radius 1 is 0.788 bits per heavy atom. The molecule has 2 aliphatic rings. The molecule has 1 N–H and O–H groups in total. The summed E-state index contributed by atoms with van der Waals surface area (Å²) in [6, 6.07) is 29.1. The van der Waals surface area contributed by atoms with E-state index in [4.69, 9.17) is 9.97 Å². The maximum atomic E-state index is 12.0. The van der Waals surface area contributed by atoms with E-state index in [1.807, 2.05) is 42.5 Å². The number of benzene rings is 3. The lowest BCUT2D eigenvalue weighted by molar-refractivity contribution is -0.0690. The highest BCUT2D eigenvalue weighted by Crippen LogP contribution is 2.48. The number of aromatic nitrogens is 2. The summed E-state index contributed by atoms with van der Waals surface area (Å²) >= 11 is 0. The van der Waals surface area contributed by atoms with Gasteiger partial charge in [0.05, 0.1) is 11.1 Å². The first kappa shape index (κ1) is 20.4. The summed E-state index contributed by atoms with van der Waals surface area (Å²) < 4.78 is 0. The molecule has 0 bridgehead atoms. The minimum absolute atomic E-state index is 0.191. The van der Waals surface area contributed by atoms with Crippen molar-refractivity contribution in [1.29, 1.82) is 0 Å². The Labute approximate surface area is 194 Å². The van der Waals surface area contributed by atoms with Gasteiger partial charge in [0.2, 0.25) is 0 Å². The first-order valence-corrected chi connectivity index (χ1v) is 12.1. The third kappa shape index (κ3) is 3.50. The second kappa shape index (κ2) is 8.27. The summed E-state index contributed by atoms with van der Waals surface area (Å²) in [5, 5.41) is 13.1. The van der Waals surface area contributed by atoms with Crippen molar-refractivity contribution in [2.24, 2.45) is 5.92 Å². The van der Waals surface area contributed by atoms with Crippen LogP contribution in [0.25, 0.3) is 22.3 Å². The summed E-state index contributed by atoms with van der Waals surface area (Å²) in [4.78, 5) is 12.5. The van der Waals surface area contributed by atoms with Crippen LogP contribution in [0, 0.1) is 5.92 Å². The zero-order valence-electron chi connectivity index (χ0n) is 18.8. The predicted octanol–water partition coefficient (Wildman–Crippen LogP) is 5.95. The average molecular weight is 436 g/mol. The van der Waals surface area contributed by atoms with Crippen LogP contribution in [-0.4, -0.2) is 27.7 Å². The fourth-order valence-corrected chi connectivity index (χ4v) is 6.03. The van der Waals surface area contributed by atoms with Gasteiger partial charge in [0.25, 0.3) is 0 Å². The molecule has 0 spiro atoms. The molecule has 1 saturated heterocycles. The van der Waals surface area contributed by atoms with Gasteiger partial charge in [-0.3, -0.25) is 0 Å². The molecule has 4 nitrogen and oxygen atoms in total. The summed E-state index contributed by atoms with van der Waals surface area (Å²) in [6.07, 6.45) is 5.19. The molecule has 3 atom stereocenters. The quantitative estimate of drug-likeness (QED) is 0.432. The molecule has 4 heteroatoms. The van der Waals surface area contributed by atoms with E-state index in [1.165, 1.54) is 12.8 Å². The van der Waals surface area contributed by atoms with Gasteiger partial charge >= 0.3 is 0 Å². The van der Waals surface area contributed by atoms with Gasteiger partial charge in [-0.25, -0.2) is 9.97 Å². The van der Waals surface area contributed by atoms with Crippen molar-refractivity contribution in [1.82, 2.24) is 9.97 Å². The van der Waals surface area contributed by atoms with Gasteiger partial charge in [-0.1, -0.05) is 85.6 Å². The van der Waals surface area contributed by atoms with Crippen molar-refractivity contribution in [3.8, 4) is 11.4 Å². The third-order valence-corrected chi connectivity index (χ3v) is 7.64. The summed E-state index contributed by atoms with van der Waals surface area (Å²) in [5.74, 6) is 1.96. The minimum atomic E-state index is -0.784. The molecule has 3 aromatic carbocycles. The molecule has 4 aromatic rings. The molecule has 1 aliphatic carbocycles. The molecule has 2 fully saturated rings. The molecule has 1 aliphatic heterocycles. The van der Waals surface area contributed by atoms with Gasteiger partial charge in [-0.2, -0.15) is 0 Å². The van der Waals surface area contributed by atoms with Gasteiger partial charge in [0.1, 0.15) is 5.82 Å². The largest absolute Gasteiger partial charge is 0.385 e. The lowest BCUT2D eigenvalue weighted by Crippen LogP contribution is -2.58. The number of rotatable bonds is 3. The fourth-order valence-electron chi connectivity index (χ4n) is 6.03. The Kier molecular flexibility index (Phi) is 5.11. The molecule has 166 valence electrons. The van der Waals surface area contributed by atoms with Gasteiger partial charge in [0, 0.05) is 29.5 Å². The monoisotopic (exact) mass is 435 g/mol. The van der Waals surface area contributed by atoms with Crippen molar-refractivity contribution in [3.05, 3.63) is 90.5 Å². The standard InChI is InChI=1S/C29H29N3O/c33-29(22-13-5-2-6-14-22)19-20-32(26-18-10-8-16-24(26)29)28-23-15-7-9-17-25(23)30-27(31-28)21-11-3-1-4-12-21/h1-7,9,11-15,17,24,26,33H,8,10,16,18-20H2/t24-,26+,29?/m1/s1. The number of aliphatic hydroxyl groups is 1. The van der Waals surface area contributed by atoms with Crippen LogP contribution in [0.5, 0.6) is 0 Å². The lowest BCUT2D eigenvalue weighted by atomic mass is 9.66. The topological polar surface area (TPSA) is 49.2 Å². The van der Waals surface area contributed by atoms with Crippen molar-refractivity contribution in [3.63, 3.8) is 0 Å². The molecule has 6 rings (SSSR count). The average Bonchev–Trinajstić information content (AvgIpc) is 2.90. The number of hydrogen-bond acceptors (Lipinski definition) is 4. The number of piperidine rings is 1. The first-order chi connectivity index (χ1) is 16.2. The maximum Gasteiger partial charge on any atom is 0.162 e.